The van der Waals surface area contributed by atoms with E-state index >= 15 is 0 Å². The molecule has 0 aromatic heterocycles. The maximum Gasteiger partial charge on any atom is -1.00 e. The van der Waals surface area contributed by atoms with Gasteiger partial charge in [-0.25, -0.2) is 0 Å². The van der Waals surface area contributed by atoms with E-state index < -0.39 is 28.4 Å². The van der Waals surface area contributed by atoms with Gasteiger partial charge in [0.05, 0.1) is 0 Å². The molecule has 200 valence electrons. The number of hydrogen-bond acceptors (Lipinski definition) is 0. The summed E-state index contributed by atoms with van der Waals surface area (Å²) in [5.41, 5.74) is 7.10. The third kappa shape index (κ3) is 6.37. The molecule has 0 spiro atoms. The summed E-state index contributed by atoms with van der Waals surface area (Å²) >= 11 is -2.64. The Morgan fingerprint density at radius 2 is 1.08 bits per heavy atom. The second-order valence-electron chi connectivity index (χ2n) is 10.2. The van der Waals surface area contributed by atoms with E-state index in [4.69, 9.17) is 0 Å². The summed E-state index contributed by atoms with van der Waals surface area (Å²) in [5.74, 6) is 2.93. The van der Waals surface area contributed by atoms with E-state index in [0.29, 0.717) is 11.8 Å². The van der Waals surface area contributed by atoms with Crippen molar-refractivity contribution in [3.63, 3.8) is 0 Å². The molecule has 0 amide bonds. The summed E-state index contributed by atoms with van der Waals surface area (Å²) in [5, 5.41) is 0. The van der Waals surface area contributed by atoms with Crippen LogP contribution in [0.2, 0.25) is 5.76 Å². The van der Waals surface area contributed by atoms with Gasteiger partial charge in [0, 0.05) is 0 Å². The fourth-order valence-corrected chi connectivity index (χ4v) is 56.2. The summed E-state index contributed by atoms with van der Waals surface area (Å²) < 4.78 is 33.3. The molecule has 0 N–H and O–H groups in total. The number of hydrogen-bond donors (Lipinski definition) is 0. The Bertz CT molecular complexity index is 1460. The standard InChI is InChI=1S/2C13H12F.C7H8Ge.2ClH.Hf/c2*1-9-6-10(2)13(7-9)11-4-3-5-12(14)8-11;1-8-7-5-3-2-4-6-7;;;/h2*3-5,7-9H,1-2H3;2-6H,1H3;2*1H;/q;;;;;+2/p-2. The zero-order chi connectivity index (χ0) is 26.3. The molecule has 0 bridgehead atoms. The van der Waals surface area contributed by atoms with Crippen LogP contribution < -0.4 is 29.2 Å². The molecule has 2 unspecified atom stereocenters. The molecule has 2 aliphatic rings. The van der Waals surface area contributed by atoms with Crippen LogP contribution in [0.1, 0.15) is 38.8 Å². The Morgan fingerprint density at radius 3 is 1.49 bits per heavy atom. The van der Waals surface area contributed by atoms with Crippen molar-refractivity contribution in [1.29, 1.82) is 0 Å². The molecule has 0 radical (unpaired) electrons. The van der Waals surface area contributed by atoms with Crippen molar-refractivity contribution in [2.24, 2.45) is 11.8 Å². The Kier molecular flexibility index (Phi) is 11.0. The smallest absolute Gasteiger partial charge is 1.00 e. The van der Waals surface area contributed by atoms with E-state index in [2.05, 4.69) is 75.9 Å². The molecule has 0 nitrogen and oxygen atoms in total. The molecule has 3 aromatic carbocycles. The van der Waals surface area contributed by atoms with Crippen LogP contribution in [-0.4, -0.2) is 10.1 Å². The number of benzene rings is 3. The molecular formula is C33H32Cl2F2GeHf. The van der Waals surface area contributed by atoms with Gasteiger partial charge in [-0.1, -0.05) is 0 Å². The molecule has 0 aliphatic heterocycles. The SMILES string of the molecule is CC1=[C]([Hf+2]([C]2=C(C)C(c3cccc(F)c3)=CC2C)=[Ge]([CH3])[c]2ccccc2)C(C)C=C1c1cccc(F)c1.[Cl-].[Cl-]. The molecule has 6 heteroatoms. The second kappa shape index (κ2) is 13.4. The maximum absolute atomic E-state index is 14.2. The molecule has 2 atom stereocenters. The average molecular weight is 789 g/mol. The van der Waals surface area contributed by atoms with E-state index in [1.807, 2.05) is 24.3 Å². The topological polar surface area (TPSA) is 0 Å². The van der Waals surface area contributed by atoms with Crippen LogP contribution in [0.4, 0.5) is 8.78 Å². The predicted molar refractivity (Wildman–Crippen MR) is 150 cm³/mol. The molecule has 2 aliphatic carbocycles. The monoisotopic (exact) mass is 790 g/mol. The normalized spacial score (nSPS) is 18.1. The first kappa shape index (κ1) is 32.0. The van der Waals surface area contributed by atoms with Gasteiger partial charge in [-0.05, 0) is 0 Å². The molecule has 3 aromatic rings. The minimum absolute atomic E-state index is 0. The van der Waals surface area contributed by atoms with Gasteiger partial charge in [0.2, 0.25) is 0 Å². The van der Waals surface area contributed by atoms with E-state index in [1.54, 1.807) is 23.2 Å². The molecule has 0 saturated carbocycles. The van der Waals surface area contributed by atoms with Crippen molar-refractivity contribution in [3.05, 3.63) is 132 Å². The average Bonchev–Trinajstić information content (AvgIpc) is 3.35. The number of halogens is 4. The van der Waals surface area contributed by atoms with Crippen LogP contribution in [0.25, 0.3) is 11.1 Å². The van der Waals surface area contributed by atoms with Gasteiger partial charge in [0.25, 0.3) is 0 Å². The fraction of sp³-hybridized carbons (Fsp3) is 0.212. The molecule has 5 rings (SSSR count). The van der Waals surface area contributed by atoms with Crippen molar-refractivity contribution in [2.45, 2.75) is 33.5 Å². The van der Waals surface area contributed by atoms with Gasteiger partial charge in [-0.15, -0.1) is 0 Å². The van der Waals surface area contributed by atoms with Crippen LogP contribution in [-0.2, 0) is 18.3 Å². The minimum atomic E-state index is -2.64. The van der Waals surface area contributed by atoms with E-state index in [1.165, 1.54) is 34.4 Å². The van der Waals surface area contributed by atoms with Crippen molar-refractivity contribution in [2.75, 3.05) is 0 Å². The number of allylic oxidation sites excluding steroid dienone is 8. The molecular weight excluding hydrogens is 756 g/mol. The third-order valence-corrected chi connectivity index (χ3v) is 50.3. The van der Waals surface area contributed by atoms with E-state index in [9.17, 15) is 8.78 Å². The van der Waals surface area contributed by atoms with Gasteiger partial charge < -0.3 is 24.8 Å². The van der Waals surface area contributed by atoms with Crippen LogP contribution in [0.5, 0.6) is 0 Å². The third-order valence-electron chi connectivity index (χ3n) is 7.75. The van der Waals surface area contributed by atoms with Gasteiger partial charge in [-0.3, -0.25) is 0 Å². The summed E-state index contributed by atoms with van der Waals surface area (Å²) in [6.07, 6.45) is 4.74. The van der Waals surface area contributed by atoms with Crippen molar-refractivity contribution in [1.82, 2.24) is 0 Å². The maximum atomic E-state index is 14.2. The van der Waals surface area contributed by atoms with Crippen molar-refractivity contribution < 1.29 is 51.9 Å². The largest absolute Gasteiger partial charge is 1.00 e. The van der Waals surface area contributed by atoms with E-state index in [-0.39, 0.29) is 36.4 Å². The fourth-order valence-electron chi connectivity index (χ4n) is 6.04. The minimum Gasteiger partial charge on any atom is -1.00 e. The first-order valence-electron chi connectivity index (χ1n) is 12.9. The molecule has 0 fully saturated rings. The van der Waals surface area contributed by atoms with Crippen molar-refractivity contribution in [3.8, 4) is 0 Å². The second-order valence-corrected chi connectivity index (χ2v) is 43.2. The summed E-state index contributed by atoms with van der Waals surface area (Å²) in [4.78, 5) is 0. The van der Waals surface area contributed by atoms with Crippen LogP contribution in [0.15, 0.2) is 109 Å². The first-order valence-corrected chi connectivity index (χ1v) is 30.0. The van der Waals surface area contributed by atoms with Gasteiger partial charge in [-0.2, -0.15) is 0 Å². The van der Waals surface area contributed by atoms with Crippen LogP contribution in [0.3, 0.4) is 0 Å². The van der Waals surface area contributed by atoms with Crippen LogP contribution >= 0.6 is 0 Å². The van der Waals surface area contributed by atoms with Crippen molar-refractivity contribution >= 4 is 25.6 Å². The Balaban J connectivity index is 0.00000210. The zero-order valence-electron chi connectivity index (χ0n) is 22.8. The zero-order valence-corrected chi connectivity index (χ0v) is 30.0. The predicted octanol–water partition coefficient (Wildman–Crippen LogP) is 2.43. The first-order chi connectivity index (χ1) is 17.8. The van der Waals surface area contributed by atoms with Crippen LogP contribution in [0, 0.1) is 23.5 Å². The van der Waals surface area contributed by atoms with Gasteiger partial charge in [0.15, 0.2) is 0 Å². The van der Waals surface area contributed by atoms with E-state index in [0.717, 1.165) is 11.1 Å². The number of rotatable bonds is 5. The molecule has 0 heterocycles. The Morgan fingerprint density at radius 1 is 0.641 bits per heavy atom. The quantitative estimate of drug-likeness (QED) is 0.349. The van der Waals surface area contributed by atoms with Gasteiger partial charge >= 0.3 is 230 Å². The summed E-state index contributed by atoms with van der Waals surface area (Å²) in [6.45, 7) is 9.21. The molecule has 0 saturated heterocycles. The molecule has 39 heavy (non-hydrogen) atoms. The summed E-state index contributed by atoms with van der Waals surface area (Å²) in [7, 11) is -1.67. The van der Waals surface area contributed by atoms with Gasteiger partial charge in [0.1, 0.15) is 0 Å². The Labute approximate surface area is 252 Å². The Hall–Kier alpha value is -1.53. The summed E-state index contributed by atoms with van der Waals surface area (Å²) in [6, 6.07) is 25.2.